The Bertz CT molecular complexity index is 495. The molecule has 2 heteroatoms. The number of allylic oxidation sites excluding steroid dienone is 3. The van der Waals surface area contributed by atoms with Gasteiger partial charge >= 0.3 is 0 Å². The second kappa shape index (κ2) is 6.44. The molecule has 0 saturated carbocycles. The van der Waals surface area contributed by atoms with Crippen molar-refractivity contribution in [3.63, 3.8) is 0 Å². The Labute approximate surface area is 131 Å². The molecule has 0 unspecified atom stereocenters. The van der Waals surface area contributed by atoms with Crippen molar-refractivity contribution in [2.24, 2.45) is 0 Å². The topological polar surface area (TPSA) is 0 Å². The van der Waals surface area contributed by atoms with E-state index in [9.17, 15) is 0 Å². The molecule has 0 aliphatic heterocycles. The van der Waals surface area contributed by atoms with Crippen LogP contribution >= 0.6 is 21.6 Å². The van der Waals surface area contributed by atoms with Crippen LogP contribution in [-0.4, -0.2) is 4.75 Å². The highest BCUT2D eigenvalue weighted by Gasteiger charge is 2.29. The van der Waals surface area contributed by atoms with Crippen molar-refractivity contribution >= 4 is 21.6 Å². The predicted molar refractivity (Wildman–Crippen MR) is 95.2 cm³/mol. The van der Waals surface area contributed by atoms with Gasteiger partial charge in [-0.1, -0.05) is 70.1 Å². The summed E-state index contributed by atoms with van der Waals surface area (Å²) in [5.74, 6) is 0. The van der Waals surface area contributed by atoms with E-state index in [0.29, 0.717) is 0 Å². The highest BCUT2D eigenvalue weighted by molar-refractivity contribution is 8.77. The van der Waals surface area contributed by atoms with Gasteiger partial charge in [-0.3, -0.25) is 0 Å². The molecular weight excluding hydrogens is 280 g/mol. The van der Waals surface area contributed by atoms with Crippen molar-refractivity contribution < 1.29 is 0 Å². The monoisotopic (exact) mass is 304 g/mol. The molecule has 0 atom stereocenters. The van der Waals surface area contributed by atoms with Crippen LogP contribution in [0.3, 0.4) is 0 Å². The fourth-order valence-corrected chi connectivity index (χ4v) is 4.93. The van der Waals surface area contributed by atoms with Crippen LogP contribution in [0.15, 0.2) is 54.1 Å². The minimum Gasteiger partial charge on any atom is -0.0839 e. The highest BCUT2D eigenvalue weighted by atomic mass is 33.1. The van der Waals surface area contributed by atoms with Crippen molar-refractivity contribution in [1.29, 1.82) is 0 Å². The molecule has 0 nitrogen and oxygen atoms in total. The average Bonchev–Trinajstić information content (AvgIpc) is 2.47. The lowest BCUT2D eigenvalue weighted by atomic mass is 9.96. The molecule has 0 spiro atoms. The predicted octanol–water partition coefficient (Wildman–Crippen LogP) is 6.36. The Morgan fingerprint density at radius 1 is 0.850 bits per heavy atom. The Kier molecular flexibility index (Phi) is 5.09. The van der Waals surface area contributed by atoms with E-state index in [1.165, 1.54) is 24.0 Å². The van der Waals surface area contributed by atoms with Gasteiger partial charge in [0.1, 0.15) is 0 Å². The summed E-state index contributed by atoms with van der Waals surface area (Å²) in [5, 5.41) is 0. The van der Waals surface area contributed by atoms with Crippen LogP contribution in [0, 0.1) is 0 Å². The van der Waals surface area contributed by atoms with Gasteiger partial charge in [-0.05, 0) is 51.7 Å². The van der Waals surface area contributed by atoms with Gasteiger partial charge in [0.05, 0.1) is 0 Å². The number of benzene rings is 1. The van der Waals surface area contributed by atoms with Gasteiger partial charge in [0, 0.05) is 9.49 Å². The van der Waals surface area contributed by atoms with Crippen molar-refractivity contribution in [2.45, 2.75) is 50.0 Å². The molecule has 0 aromatic heterocycles. The lowest BCUT2D eigenvalue weighted by Gasteiger charge is -2.32. The van der Waals surface area contributed by atoms with Gasteiger partial charge < -0.3 is 0 Å². The maximum absolute atomic E-state index is 2.39. The van der Waals surface area contributed by atoms with Gasteiger partial charge in [-0.25, -0.2) is 0 Å². The van der Waals surface area contributed by atoms with E-state index in [4.69, 9.17) is 0 Å². The lowest BCUT2D eigenvalue weighted by Crippen LogP contribution is -2.19. The third-order valence-corrected chi connectivity index (χ3v) is 7.76. The van der Waals surface area contributed by atoms with E-state index >= 15 is 0 Å². The third-order valence-electron chi connectivity index (χ3n) is 3.62. The van der Waals surface area contributed by atoms with Gasteiger partial charge in [0.2, 0.25) is 0 Å². The van der Waals surface area contributed by atoms with Crippen molar-refractivity contribution in [3.8, 4) is 0 Å². The number of hydrogen-bond acceptors (Lipinski definition) is 2. The fourth-order valence-electron chi connectivity index (χ4n) is 2.20. The fraction of sp³-hybridized carbons (Fsp3) is 0.444. The standard InChI is InChI=1S/C18H24S2/c1-17(2,15-11-7-5-8-12-15)19-20-18(3,4)16-13-9-6-10-14-16/h5,7-9,11-14H,6,10H2,1-4H3. The Hall–Kier alpha value is -0.600. The first-order chi connectivity index (χ1) is 9.42. The molecule has 0 radical (unpaired) electrons. The first kappa shape index (κ1) is 15.8. The zero-order valence-corrected chi connectivity index (χ0v) is 14.5. The third kappa shape index (κ3) is 3.95. The summed E-state index contributed by atoms with van der Waals surface area (Å²) < 4.78 is 0.287. The van der Waals surface area contributed by atoms with Crippen LogP contribution in [0.4, 0.5) is 0 Å². The molecule has 1 aliphatic rings. The van der Waals surface area contributed by atoms with E-state index in [0.717, 1.165) is 0 Å². The van der Waals surface area contributed by atoms with E-state index in [-0.39, 0.29) is 9.49 Å². The molecule has 0 N–H and O–H groups in total. The van der Waals surface area contributed by atoms with Crippen LogP contribution in [0.2, 0.25) is 0 Å². The molecule has 2 rings (SSSR count). The quantitative estimate of drug-likeness (QED) is 0.581. The minimum absolute atomic E-state index is 0.127. The molecule has 1 aromatic carbocycles. The van der Waals surface area contributed by atoms with Crippen molar-refractivity contribution in [1.82, 2.24) is 0 Å². The summed E-state index contributed by atoms with van der Waals surface area (Å²) in [5.41, 5.74) is 2.85. The maximum atomic E-state index is 2.39. The Morgan fingerprint density at radius 2 is 1.50 bits per heavy atom. The summed E-state index contributed by atoms with van der Waals surface area (Å²) in [4.78, 5) is 0. The van der Waals surface area contributed by atoms with Gasteiger partial charge in [-0.2, -0.15) is 0 Å². The smallest absolute Gasteiger partial charge is 0.0455 e. The van der Waals surface area contributed by atoms with E-state index in [1.54, 1.807) is 0 Å². The highest BCUT2D eigenvalue weighted by Crippen LogP contribution is 2.51. The SMILES string of the molecule is CC(C)(SSC(C)(C)c1ccccc1)C1=CCCC=C1. The molecule has 0 heterocycles. The Morgan fingerprint density at radius 3 is 2.10 bits per heavy atom. The van der Waals surface area contributed by atoms with Gasteiger partial charge in [-0.15, -0.1) is 0 Å². The first-order valence-electron chi connectivity index (χ1n) is 7.21. The molecule has 20 heavy (non-hydrogen) atoms. The summed E-state index contributed by atoms with van der Waals surface area (Å²) in [6.07, 6.45) is 9.36. The molecular formula is C18H24S2. The zero-order valence-electron chi connectivity index (χ0n) is 12.8. The van der Waals surface area contributed by atoms with E-state index in [2.05, 4.69) is 76.3 Å². The lowest BCUT2D eigenvalue weighted by molar-refractivity contribution is 0.787. The second-order valence-corrected chi connectivity index (χ2v) is 9.57. The van der Waals surface area contributed by atoms with Crippen LogP contribution in [0.1, 0.15) is 46.1 Å². The largest absolute Gasteiger partial charge is 0.0839 e. The molecule has 1 aliphatic carbocycles. The molecule has 0 saturated heterocycles. The molecule has 108 valence electrons. The molecule has 0 bridgehead atoms. The zero-order chi connectivity index (χ0) is 14.6. The van der Waals surface area contributed by atoms with Crippen LogP contribution in [0.5, 0.6) is 0 Å². The van der Waals surface area contributed by atoms with Crippen LogP contribution in [-0.2, 0) is 4.75 Å². The van der Waals surface area contributed by atoms with Crippen LogP contribution in [0.25, 0.3) is 0 Å². The molecule has 0 fully saturated rings. The minimum atomic E-state index is 0.127. The second-order valence-electron chi connectivity index (χ2n) is 6.19. The summed E-state index contributed by atoms with van der Waals surface area (Å²) in [6.45, 7) is 9.27. The maximum Gasteiger partial charge on any atom is 0.0455 e. The molecule has 0 amide bonds. The summed E-state index contributed by atoms with van der Waals surface area (Å²) in [6, 6.07) is 10.8. The number of rotatable bonds is 5. The molecule has 1 aromatic rings. The van der Waals surface area contributed by atoms with Crippen LogP contribution < -0.4 is 0 Å². The van der Waals surface area contributed by atoms with E-state index < -0.39 is 0 Å². The summed E-state index contributed by atoms with van der Waals surface area (Å²) in [7, 11) is 3.96. The van der Waals surface area contributed by atoms with Gasteiger partial charge in [0.25, 0.3) is 0 Å². The first-order valence-corrected chi connectivity index (χ1v) is 9.36. The van der Waals surface area contributed by atoms with Crippen molar-refractivity contribution in [2.75, 3.05) is 0 Å². The van der Waals surface area contributed by atoms with E-state index in [1.807, 2.05) is 21.6 Å². The summed E-state index contributed by atoms with van der Waals surface area (Å²) >= 11 is 0. The average molecular weight is 305 g/mol. The van der Waals surface area contributed by atoms with Gasteiger partial charge in [0.15, 0.2) is 0 Å². The van der Waals surface area contributed by atoms with Crippen molar-refractivity contribution in [3.05, 3.63) is 59.7 Å². The Balaban J connectivity index is 2.04. The normalized spacial score (nSPS) is 16.1. The number of hydrogen-bond donors (Lipinski definition) is 0.